The van der Waals surface area contributed by atoms with Gasteiger partial charge in [0.1, 0.15) is 5.82 Å². The molecule has 180 valence electrons. The number of nitrogens with zero attached hydrogens (tertiary/aromatic N) is 3. The van der Waals surface area contributed by atoms with Crippen LogP contribution in [0.15, 0.2) is 64.9 Å². The van der Waals surface area contributed by atoms with Crippen LogP contribution in [-0.4, -0.2) is 63.7 Å². The number of piperidine rings is 1. The number of benzene rings is 2. The minimum absolute atomic E-state index is 0.644. The fourth-order valence-corrected chi connectivity index (χ4v) is 4.88. The molecule has 0 atom stereocenters. The summed E-state index contributed by atoms with van der Waals surface area (Å²) in [4.78, 5) is 9.51. The predicted octanol–water partition coefficient (Wildman–Crippen LogP) is 3.62. The Labute approximate surface area is 203 Å². The molecule has 0 radical (unpaired) electrons. The van der Waals surface area contributed by atoms with Crippen LogP contribution in [-0.2, 0) is 0 Å². The summed E-state index contributed by atoms with van der Waals surface area (Å²) < 4.78 is 0. The molecular formula is C27H37N7. The molecule has 4 N–H and O–H groups in total. The summed E-state index contributed by atoms with van der Waals surface area (Å²) in [5, 5.41) is 14.0. The lowest BCUT2D eigenvalue weighted by molar-refractivity contribution is 0.313. The Balaban J connectivity index is 1.19. The second-order valence-corrected chi connectivity index (χ2v) is 9.68. The molecule has 5 rings (SSSR count). The SMILES string of the molecule is CC1=C(Nc2cccc(C3CCNCC3)c2)NC(Nc2ccc(N3CCN(C)CC3)cc2)=NC1. The highest BCUT2D eigenvalue weighted by Crippen LogP contribution is 2.28. The summed E-state index contributed by atoms with van der Waals surface area (Å²) in [6.45, 7) is 9.39. The Hall–Kier alpha value is -3.03. The summed E-state index contributed by atoms with van der Waals surface area (Å²) in [5.74, 6) is 2.42. The minimum Gasteiger partial charge on any atom is -0.369 e. The Morgan fingerprint density at radius 1 is 0.912 bits per heavy atom. The lowest BCUT2D eigenvalue weighted by Crippen LogP contribution is -2.44. The first kappa shape index (κ1) is 22.7. The van der Waals surface area contributed by atoms with Crippen molar-refractivity contribution in [2.75, 3.05) is 68.4 Å². The standard InChI is InChI=1S/C27H37N7/c1-20-19-29-27(31-23-6-8-25(9-7-23)34-16-14-33(2)15-17-34)32-26(20)30-24-5-3-4-22(18-24)21-10-12-28-13-11-21/h3-9,18,21,28,30H,10-17,19H2,1-2H3,(H2,29,31,32). The highest BCUT2D eigenvalue weighted by molar-refractivity contribution is 5.96. The first-order valence-corrected chi connectivity index (χ1v) is 12.5. The second-order valence-electron chi connectivity index (χ2n) is 9.68. The molecule has 0 bridgehead atoms. The van der Waals surface area contributed by atoms with Crippen LogP contribution >= 0.6 is 0 Å². The number of anilines is 3. The quantitative estimate of drug-likeness (QED) is 0.548. The third-order valence-electron chi connectivity index (χ3n) is 7.11. The van der Waals surface area contributed by atoms with Crippen molar-refractivity contribution in [1.82, 2.24) is 15.5 Å². The molecule has 0 spiro atoms. The molecule has 2 fully saturated rings. The Morgan fingerprint density at radius 3 is 2.44 bits per heavy atom. The first-order chi connectivity index (χ1) is 16.6. The van der Waals surface area contributed by atoms with E-state index in [4.69, 9.17) is 0 Å². The van der Waals surface area contributed by atoms with E-state index in [1.807, 2.05) is 0 Å². The Kier molecular flexibility index (Phi) is 7.02. The van der Waals surface area contributed by atoms with Crippen LogP contribution < -0.4 is 26.2 Å². The van der Waals surface area contributed by atoms with Crippen LogP contribution in [0.3, 0.4) is 0 Å². The van der Waals surface area contributed by atoms with Crippen LogP contribution in [0.25, 0.3) is 0 Å². The highest BCUT2D eigenvalue weighted by atomic mass is 15.3. The zero-order chi connectivity index (χ0) is 23.3. The van der Waals surface area contributed by atoms with Gasteiger partial charge >= 0.3 is 0 Å². The molecule has 0 amide bonds. The van der Waals surface area contributed by atoms with E-state index in [0.717, 1.165) is 62.4 Å². The van der Waals surface area contributed by atoms with Gasteiger partial charge in [-0.15, -0.1) is 0 Å². The topological polar surface area (TPSA) is 67.0 Å². The molecule has 34 heavy (non-hydrogen) atoms. The lowest BCUT2D eigenvalue weighted by atomic mass is 9.90. The number of hydrogen-bond donors (Lipinski definition) is 4. The van der Waals surface area contributed by atoms with Gasteiger partial charge in [-0.1, -0.05) is 12.1 Å². The largest absolute Gasteiger partial charge is 0.369 e. The number of piperazine rings is 1. The maximum Gasteiger partial charge on any atom is 0.201 e. The molecule has 0 aromatic heterocycles. The van der Waals surface area contributed by atoms with Crippen molar-refractivity contribution in [3.63, 3.8) is 0 Å². The molecule has 3 aliphatic rings. The predicted molar refractivity (Wildman–Crippen MR) is 143 cm³/mol. The average Bonchev–Trinajstić information content (AvgIpc) is 2.88. The summed E-state index contributed by atoms with van der Waals surface area (Å²) in [6, 6.07) is 17.5. The fourth-order valence-electron chi connectivity index (χ4n) is 4.88. The van der Waals surface area contributed by atoms with E-state index < -0.39 is 0 Å². The first-order valence-electron chi connectivity index (χ1n) is 12.5. The van der Waals surface area contributed by atoms with E-state index in [2.05, 4.69) is 98.6 Å². The minimum atomic E-state index is 0.644. The van der Waals surface area contributed by atoms with E-state index in [0.29, 0.717) is 12.5 Å². The van der Waals surface area contributed by atoms with Crippen molar-refractivity contribution in [3.05, 3.63) is 65.5 Å². The molecule has 3 heterocycles. The van der Waals surface area contributed by atoms with Crippen LogP contribution in [0.4, 0.5) is 17.1 Å². The normalized spacial score (nSPS) is 20.1. The van der Waals surface area contributed by atoms with Crippen LogP contribution in [0, 0.1) is 0 Å². The third kappa shape index (κ3) is 5.54. The van der Waals surface area contributed by atoms with Gasteiger partial charge in [-0.2, -0.15) is 0 Å². The van der Waals surface area contributed by atoms with Crippen LogP contribution in [0.2, 0.25) is 0 Å². The van der Waals surface area contributed by atoms with Crippen molar-refractivity contribution in [2.45, 2.75) is 25.7 Å². The zero-order valence-electron chi connectivity index (χ0n) is 20.4. The lowest BCUT2D eigenvalue weighted by Gasteiger charge is -2.34. The molecule has 3 aliphatic heterocycles. The molecule has 2 aromatic rings. The van der Waals surface area contributed by atoms with Gasteiger partial charge in [0.25, 0.3) is 0 Å². The summed E-state index contributed by atoms with van der Waals surface area (Å²) in [6.07, 6.45) is 2.41. The van der Waals surface area contributed by atoms with Gasteiger partial charge in [-0.05, 0) is 93.4 Å². The van der Waals surface area contributed by atoms with Gasteiger partial charge in [0.05, 0.1) is 6.54 Å². The van der Waals surface area contributed by atoms with Crippen LogP contribution in [0.1, 0.15) is 31.2 Å². The summed E-state index contributed by atoms with van der Waals surface area (Å²) >= 11 is 0. The van der Waals surface area contributed by atoms with Crippen molar-refractivity contribution >= 4 is 23.0 Å². The monoisotopic (exact) mass is 459 g/mol. The number of nitrogens with one attached hydrogen (secondary N) is 4. The van der Waals surface area contributed by atoms with Crippen molar-refractivity contribution in [1.29, 1.82) is 0 Å². The smallest absolute Gasteiger partial charge is 0.201 e. The van der Waals surface area contributed by atoms with Crippen LogP contribution in [0.5, 0.6) is 0 Å². The Morgan fingerprint density at radius 2 is 1.68 bits per heavy atom. The molecule has 7 nitrogen and oxygen atoms in total. The van der Waals surface area contributed by atoms with Gasteiger partial charge in [0.15, 0.2) is 0 Å². The van der Waals surface area contributed by atoms with E-state index in [1.54, 1.807) is 0 Å². The third-order valence-corrected chi connectivity index (χ3v) is 7.11. The van der Waals surface area contributed by atoms with Gasteiger partial charge in [0, 0.05) is 43.2 Å². The maximum atomic E-state index is 4.68. The van der Waals surface area contributed by atoms with E-state index in [-0.39, 0.29) is 0 Å². The van der Waals surface area contributed by atoms with Crippen molar-refractivity contribution in [2.24, 2.45) is 4.99 Å². The number of hydrogen-bond acceptors (Lipinski definition) is 7. The van der Waals surface area contributed by atoms with E-state index in [9.17, 15) is 0 Å². The number of aliphatic imine (C=N–C) groups is 1. The molecule has 0 saturated carbocycles. The zero-order valence-corrected chi connectivity index (χ0v) is 20.4. The Bertz CT molecular complexity index is 1030. The fraction of sp³-hybridized carbons (Fsp3) is 0.444. The molecular weight excluding hydrogens is 422 g/mol. The van der Waals surface area contributed by atoms with Gasteiger partial charge in [0.2, 0.25) is 5.96 Å². The molecule has 7 heteroatoms. The summed E-state index contributed by atoms with van der Waals surface area (Å²) in [5.41, 5.74) is 6.06. The molecule has 0 unspecified atom stereocenters. The average molecular weight is 460 g/mol. The molecule has 2 saturated heterocycles. The maximum absolute atomic E-state index is 4.68. The molecule has 2 aromatic carbocycles. The highest BCUT2D eigenvalue weighted by Gasteiger charge is 2.17. The van der Waals surface area contributed by atoms with Crippen molar-refractivity contribution in [3.8, 4) is 0 Å². The number of likely N-dealkylation sites (N-methyl/N-ethyl adjacent to an activating group) is 1. The van der Waals surface area contributed by atoms with Gasteiger partial charge in [-0.25, -0.2) is 4.99 Å². The number of guanidine groups is 1. The van der Waals surface area contributed by atoms with E-state index >= 15 is 0 Å². The molecule has 0 aliphatic carbocycles. The van der Waals surface area contributed by atoms with E-state index in [1.165, 1.54) is 29.7 Å². The summed E-state index contributed by atoms with van der Waals surface area (Å²) in [7, 11) is 2.19. The van der Waals surface area contributed by atoms with Crippen molar-refractivity contribution < 1.29 is 0 Å². The second kappa shape index (κ2) is 10.5. The number of rotatable bonds is 5. The van der Waals surface area contributed by atoms with Gasteiger partial charge < -0.3 is 31.1 Å². The van der Waals surface area contributed by atoms with Gasteiger partial charge in [-0.3, -0.25) is 0 Å².